The highest BCUT2D eigenvalue weighted by molar-refractivity contribution is 6.13. The molecule has 0 amide bonds. The highest BCUT2D eigenvalue weighted by Gasteiger charge is 2.23. The topological polar surface area (TPSA) is 64.6 Å². The largest absolute Gasteiger partial charge is 0.454 e. The minimum Gasteiger partial charge on any atom is -0.454 e. The summed E-state index contributed by atoms with van der Waals surface area (Å²) in [7, 11) is 1.97. The summed E-state index contributed by atoms with van der Waals surface area (Å²) in [5.74, 6) is 0. The molecule has 0 spiro atoms. The summed E-state index contributed by atoms with van der Waals surface area (Å²) in [6.07, 6.45) is 1.97. The van der Waals surface area contributed by atoms with Gasteiger partial charge < -0.3 is 4.42 Å². The van der Waals surface area contributed by atoms with Gasteiger partial charge in [0.1, 0.15) is 13.1 Å². The molecule has 0 N–H and O–H groups in total. The highest BCUT2D eigenvalue weighted by atomic mass is 16.3. The van der Waals surface area contributed by atoms with Gasteiger partial charge in [-0.2, -0.15) is 10.5 Å². The van der Waals surface area contributed by atoms with E-state index in [0.29, 0.717) is 22.3 Å². The number of para-hydroxylation sites is 1. The highest BCUT2D eigenvalue weighted by Crippen LogP contribution is 2.39. The molecule has 4 rings (SSSR count). The van der Waals surface area contributed by atoms with Gasteiger partial charge in [-0.3, -0.25) is 0 Å². The summed E-state index contributed by atoms with van der Waals surface area (Å²) >= 11 is 0. The summed E-state index contributed by atoms with van der Waals surface area (Å²) in [6, 6.07) is 17.7. The molecule has 4 nitrogen and oxygen atoms in total. The Morgan fingerprint density at radius 1 is 0.960 bits per heavy atom. The van der Waals surface area contributed by atoms with Crippen molar-refractivity contribution in [3.05, 3.63) is 65.4 Å². The minimum atomic E-state index is 0.471. The second kappa shape index (κ2) is 5.47. The molecule has 0 unspecified atom stereocenters. The zero-order chi connectivity index (χ0) is 17.6. The number of nitrogens with zero attached hydrogens (tertiary/aromatic N) is 3. The van der Waals surface area contributed by atoms with Gasteiger partial charge in [0.2, 0.25) is 5.69 Å². The van der Waals surface area contributed by atoms with Gasteiger partial charge in [0, 0.05) is 22.9 Å². The number of nitriles is 2. The zero-order valence-electron chi connectivity index (χ0n) is 13.9. The van der Waals surface area contributed by atoms with Crippen LogP contribution >= 0.6 is 0 Å². The Labute approximate surface area is 144 Å². The first-order chi connectivity index (χ1) is 12.2. The van der Waals surface area contributed by atoms with Crippen LogP contribution in [0.1, 0.15) is 16.7 Å². The maximum Gasteiger partial charge on any atom is 0.216 e. The van der Waals surface area contributed by atoms with Crippen LogP contribution in [-0.2, 0) is 7.05 Å². The molecule has 118 valence electrons. The number of pyridine rings is 1. The Bertz CT molecular complexity index is 1240. The Morgan fingerprint density at radius 2 is 1.76 bits per heavy atom. The number of aryl methyl sites for hydroxylation is 2. The molecule has 0 aliphatic rings. The maximum atomic E-state index is 9.62. The molecular formula is C21H14N3O+. The number of benzene rings is 2. The average Bonchev–Trinajstić information content (AvgIpc) is 3.01. The summed E-state index contributed by atoms with van der Waals surface area (Å²) in [4.78, 5) is 0. The molecule has 0 fully saturated rings. The van der Waals surface area contributed by atoms with Gasteiger partial charge in [-0.25, -0.2) is 4.57 Å². The molecule has 2 aromatic heterocycles. The lowest BCUT2D eigenvalue weighted by Gasteiger charge is -2.06. The molecule has 4 aromatic rings. The third-order valence-corrected chi connectivity index (χ3v) is 4.52. The summed E-state index contributed by atoms with van der Waals surface area (Å²) in [5.41, 5.74) is 5.10. The molecular weight excluding hydrogens is 310 g/mol. The normalized spacial score (nSPS) is 10.7. The number of fused-ring (bicyclic) bond motifs is 3. The average molecular weight is 324 g/mol. The van der Waals surface area contributed by atoms with E-state index in [1.165, 1.54) is 0 Å². The van der Waals surface area contributed by atoms with Crippen molar-refractivity contribution in [3.63, 3.8) is 0 Å². The molecule has 0 aliphatic heterocycles. The predicted molar refractivity (Wildman–Crippen MR) is 94.5 cm³/mol. The minimum absolute atomic E-state index is 0.471. The van der Waals surface area contributed by atoms with Gasteiger partial charge in [0.15, 0.2) is 17.4 Å². The van der Waals surface area contributed by atoms with Crippen LogP contribution in [0.4, 0.5) is 0 Å². The zero-order valence-corrected chi connectivity index (χ0v) is 13.9. The fraction of sp³-hybridized carbons (Fsp3) is 0.0952. The van der Waals surface area contributed by atoms with Gasteiger partial charge in [0.25, 0.3) is 0 Å². The van der Waals surface area contributed by atoms with Gasteiger partial charge in [-0.1, -0.05) is 12.1 Å². The first-order valence-corrected chi connectivity index (χ1v) is 7.89. The van der Waals surface area contributed by atoms with Crippen molar-refractivity contribution in [1.82, 2.24) is 0 Å². The van der Waals surface area contributed by atoms with Crippen LogP contribution in [0.25, 0.3) is 33.2 Å². The summed E-state index contributed by atoms with van der Waals surface area (Å²) < 4.78 is 8.17. The monoisotopic (exact) mass is 324 g/mol. The van der Waals surface area contributed by atoms with Crippen LogP contribution in [0.5, 0.6) is 0 Å². The molecule has 4 heteroatoms. The first-order valence-electron chi connectivity index (χ1n) is 7.89. The maximum absolute atomic E-state index is 9.62. The van der Waals surface area contributed by atoms with Crippen molar-refractivity contribution in [2.24, 2.45) is 7.05 Å². The standard InChI is InChI=1S/C21H14N3O/c1-13-10-15(12-23)19-16-7-5-6-14(11-22)20(16)25-21(19)18(13)17-8-3-4-9-24(17)2/h3-10H,1-2H3/q+1. The SMILES string of the molecule is Cc1cc(C#N)c2c(oc3c(C#N)cccc32)c1-c1cccc[n+]1C. The molecule has 0 aliphatic carbocycles. The van der Waals surface area contributed by atoms with Gasteiger partial charge >= 0.3 is 0 Å². The van der Waals surface area contributed by atoms with Gasteiger partial charge in [-0.15, -0.1) is 0 Å². The van der Waals surface area contributed by atoms with Crippen molar-refractivity contribution in [2.75, 3.05) is 0 Å². The third kappa shape index (κ3) is 2.09. The molecule has 0 bridgehead atoms. The van der Waals surface area contributed by atoms with E-state index in [9.17, 15) is 10.5 Å². The number of hydrogen-bond acceptors (Lipinski definition) is 3. The van der Waals surface area contributed by atoms with E-state index >= 15 is 0 Å². The second-order valence-corrected chi connectivity index (χ2v) is 6.02. The van der Waals surface area contributed by atoms with Crippen molar-refractivity contribution >= 4 is 21.9 Å². The van der Waals surface area contributed by atoms with Gasteiger partial charge in [-0.05, 0) is 30.7 Å². The van der Waals surface area contributed by atoms with Crippen LogP contribution in [0.3, 0.4) is 0 Å². The molecule has 0 saturated carbocycles. The lowest BCUT2D eigenvalue weighted by molar-refractivity contribution is -0.660. The van der Waals surface area contributed by atoms with Crippen molar-refractivity contribution in [3.8, 4) is 23.4 Å². The van der Waals surface area contributed by atoms with Crippen LogP contribution in [-0.4, -0.2) is 0 Å². The third-order valence-electron chi connectivity index (χ3n) is 4.52. The summed E-state index contributed by atoms with van der Waals surface area (Å²) in [6.45, 7) is 1.97. The lowest BCUT2D eigenvalue weighted by atomic mass is 9.96. The number of aromatic nitrogens is 1. The number of rotatable bonds is 1. The van der Waals surface area contributed by atoms with Crippen LogP contribution in [0, 0.1) is 29.6 Å². The summed E-state index contributed by atoms with van der Waals surface area (Å²) in [5, 5.41) is 20.6. The molecule has 25 heavy (non-hydrogen) atoms. The van der Waals surface area contributed by atoms with Crippen molar-refractivity contribution in [2.45, 2.75) is 6.92 Å². The van der Waals surface area contributed by atoms with Crippen molar-refractivity contribution < 1.29 is 8.98 Å². The molecule has 0 saturated heterocycles. The molecule has 0 radical (unpaired) electrons. The van der Waals surface area contributed by atoms with E-state index in [-0.39, 0.29) is 0 Å². The Kier molecular flexibility index (Phi) is 3.27. The number of hydrogen-bond donors (Lipinski definition) is 0. The number of furan rings is 1. The van der Waals surface area contributed by atoms with Crippen LogP contribution < -0.4 is 4.57 Å². The quantitative estimate of drug-likeness (QED) is 0.495. The van der Waals surface area contributed by atoms with Crippen LogP contribution in [0.2, 0.25) is 0 Å². The smallest absolute Gasteiger partial charge is 0.216 e. The Hall–Kier alpha value is -3.63. The van der Waals surface area contributed by atoms with Crippen LogP contribution in [0.15, 0.2) is 53.1 Å². The Morgan fingerprint density at radius 3 is 2.48 bits per heavy atom. The fourth-order valence-corrected chi connectivity index (χ4v) is 3.38. The van der Waals surface area contributed by atoms with Crippen molar-refractivity contribution in [1.29, 1.82) is 10.5 Å². The van der Waals surface area contributed by atoms with E-state index in [1.807, 2.05) is 61.1 Å². The Balaban J connectivity index is 2.27. The second-order valence-electron chi connectivity index (χ2n) is 6.02. The molecule has 2 aromatic carbocycles. The lowest BCUT2D eigenvalue weighted by Crippen LogP contribution is -2.30. The van der Waals surface area contributed by atoms with Gasteiger partial charge in [0.05, 0.1) is 22.8 Å². The van der Waals surface area contributed by atoms with E-state index in [4.69, 9.17) is 4.42 Å². The first kappa shape index (κ1) is 14.9. The van der Waals surface area contributed by atoms with E-state index in [2.05, 4.69) is 12.1 Å². The predicted octanol–water partition coefficient (Wildman–Crippen LogP) is 4.13. The van der Waals surface area contributed by atoms with E-state index in [1.54, 1.807) is 6.07 Å². The molecule has 0 atom stereocenters. The van der Waals surface area contributed by atoms with E-state index < -0.39 is 0 Å². The van der Waals surface area contributed by atoms with E-state index in [0.717, 1.165) is 27.6 Å². The molecule has 2 heterocycles. The fourth-order valence-electron chi connectivity index (χ4n) is 3.38.